The summed E-state index contributed by atoms with van der Waals surface area (Å²) in [4.78, 5) is 0. The van der Waals surface area contributed by atoms with E-state index in [4.69, 9.17) is 16.3 Å². The van der Waals surface area contributed by atoms with Gasteiger partial charge < -0.3 is 4.74 Å². The largest absolute Gasteiger partial charge is 0.495 e. The second-order valence-electron chi connectivity index (χ2n) is 3.63. The number of hydrogen-bond donors (Lipinski definition) is 0. The average molecular weight is 232 g/mol. The molecule has 0 aliphatic heterocycles. The molecule has 0 aliphatic rings. The highest BCUT2D eigenvalue weighted by Gasteiger charge is 2.05. The Bertz CT molecular complexity index is 489. The Labute approximate surface area is 101 Å². The maximum absolute atomic E-state index is 5.87. The highest BCUT2D eigenvalue weighted by molar-refractivity contribution is 6.30. The summed E-state index contributed by atoms with van der Waals surface area (Å²) in [5.74, 6) is 0.757. The average Bonchev–Trinajstić information content (AvgIpc) is 2.30. The van der Waals surface area contributed by atoms with Crippen molar-refractivity contribution in [1.82, 2.24) is 0 Å². The third-order valence-corrected chi connectivity index (χ3v) is 2.66. The summed E-state index contributed by atoms with van der Waals surface area (Å²) in [5.41, 5.74) is 3.28. The fraction of sp³-hybridized carbons (Fsp3) is 0.143. The number of aryl methyl sites for hydroxylation is 1. The monoisotopic (exact) mass is 231 g/mol. The zero-order chi connectivity index (χ0) is 11.5. The van der Waals surface area contributed by atoms with Crippen LogP contribution in [-0.4, -0.2) is 7.11 Å². The second-order valence-corrected chi connectivity index (χ2v) is 4.07. The van der Waals surface area contributed by atoms with Gasteiger partial charge in [-0.15, -0.1) is 0 Å². The van der Waals surface area contributed by atoms with E-state index in [1.165, 1.54) is 0 Å². The lowest BCUT2D eigenvalue weighted by atomic mass is 10.0. The van der Waals surface area contributed by atoms with Gasteiger partial charge in [0, 0.05) is 16.7 Å². The van der Waals surface area contributed by atoms with Crippen molar-refractivity contribution in [2.75, 3.05) is 7.11 Å². The first-order chi connectivity index (χ1) is 7.70. The van der Waals surface area contributed by atoms with Crippen molar-refractivity contribution in [2.45, 2.75) is 6.92 Å². The molecule has 0 saturated heterocycles. The number of hydrogen-bond acceptors (Lipinski definition) is 1. The summed E-state index contributed by atoms with van der Waals surface area (Å²) >= 11 is 5.87. The molecule has 0 saturated carbocycles. The molecular weight excluding hydrogens is 220 g/mol. The van der Waals surface area contributed by atoms with Crippen LogP contribution in [-0.2, 0) is 0 Å². The highest BCUT2D eigenvalue weighted by atomic mass is 35.5. The van der Waals surface area contributed by atoms with Crippen molar-refractivity contribution in [3.05, 3.63) is 53.1 Å². The van der Waals surface area contributed by atoms with E-state index in [9.17, 15) is 0 Å². The minimum absolute atomic E-state index is 0.736. The number of methoxy groups -OCH3 is 1. The minimum atomic E-state index is 0.736. The summed E-state index contributed by atoms with van der Waals surface area (Å²) in [6.07, 6.45) is 0. The Morgan fingerprint density at radius 2 is 1.88 bits per heavy atom. The van der Waals surface area contributed by atoms with Gasteiger partial charge in [0.05, 0.1) is 7.11 Å². The third kappa shape index (κ3) is 2.20. The number of ether oxygens (including phenoxy) is 1. The van der Waals surface area contributed by atoms with E-state index in [-0.39, 0.29) is 0 Å². The van der Waals surface area contributed by atoms with Crippen molar-refractivity contribution in [2.24, 2.45) is 0 Å². The summed E-state index contributed by atoms with van der Waals surface area (Å²) in [6.45, 7) is 2.04. The van der Waals surface area contributed by atoms with Gasteiger partial charge in [0.15, 0.2) is 0 Å². The minimum Gasteiger partial charge on any atom is -0.495 e. The molecule has 0 aromatic heterocycles. The van der Waals surface area contributed by atoms with Crippen LogP contribution in [0.25, 0.3) is 11.1 Å². The Balaban J connectivity index is 2.53. The van der Waals surface area contributed by atoms with Gasteiger partial charge in [-0.05, 0) is 42.3 Å². The fourth-order valence-electron chi connectivity index (χ4n) is 1.60. The summed E-state index contributed by atoms with van der Waals surface area (Å²) in [7, 11) is 1.65. The molecule has 0 N–H and O–H groups in total. The SMILES string of the molecule is COc1[c]cc(C)cc1-c1ccc(Cl)cc1. The van der Waals surface area contributed by atoms with Gasteiger partial charge in [0.25, 0.3) is 0 Å². The van der Waals surface area contributed by atoms with Crippen molar-refractivity contribution in [3.63, 3.8) is 0 Å². The van der Waals surface area contributed by atoms with Crippen molar-refractivity contribution in [3.8, 4) is 16.9 Å². The Morgan fingerprint density at radius 1 is 1.19 bits per heavy atom. The van der Waals surface area contributed by atoms with Gasteiger partial charge in [-0.3, -0.25) is 0 Å². The molecule has 1 nitrogen and oxygen atoms in total. The van der Waals surface area contributed by atoms with Crippen molar-refractivity contribution in [1.29, 1.82) is 0 Å². The maximum Gasteiger partial charge on any atom is 0.134 e. The molecule has 0 heterocycles. The summed E-state index contributed by atoms with van der Waals surface area (Å²) in [6, 6.07) is 14.8. The zero-order valence-corrected chi connectivity index (χ0v) is 10.0. The molecule has 0 fully saturated rings. The van der Waals surface area contributed by atoms with Crippen LogP contribution in [0.5, 0.6) is 5.75 Å². The molecule has 2 aromatic rings. The van der Waals surface area contributed by atoms with Crippen LogP contribution in [0.4, 0.5) is 0 Å². The first-order valence-corrected chi connectivity index (χ1v) is 5.41. The topological polar surface area (TPSA) is 9.23 Å². The maximum atomic E-state index is 5.87. The predicted molar refractivity (Wildman–Crippen MR) is 67.0 cm³/mol. The number of benzene rings is 2. The van der Waals surface area contributed by atoms with Gasteiger partial charge in [0.2, 0.25) is 0 Å². The van der Waals surface area contributed by atoms with Crippen LogP contribution in [0.15, 0.2) is 36.4 Å². The number of rotatable bonds is 2. The quantitative estimate of drug-likeness (QED) is 0.755. The molecule has 1 radical (unpaired) electrons. The van der Waals surface area contributed by atoms with Gasteiger partial charge in [-0.25, -0.2) is 0 Å². The molecule has 0 bridgehead atoms. The van der Waals surface area contributed by atoms with Crippen LogP contribution in [0, 0.1) is 13.0 Å². The first kappa shape index (κ1) is 11.0. The number of halogens is 1. The molecule has 0 amide bonds. The standard InChI is InChI=1S/C14H12ClO/c1-10-3-8-14(16-2)13(9-10)11-4-6-12(15)7-5-11/h3-7,9H,1-2H3. The fourth-order valence-corrected chi connectivity index (χ4v) is 1.73. The molecule has 16 heavy (non-hydrogen) atoms. The van der Waals surface area contributed by atoms with Gasteiger partial charge in [-0.1, -0.05) is 23.7 Å². The Kier molecular flexibility index (Phi) is 3.16. The van der Waals surface area contributed by atoms with Crippen LogP contribution in [0.2, 0.25) is 5.02 Å². The molecule has 2 heteroatoms. The Hall–Kier alpha value is -1.47. The van der Waals surface area contributed by atoms with E-state index < -0.39 is 0 Å². The van der Waals surface area contributed by atoms with Crippen molar-refractivity contribution >= 4 is 11.6 Å². The highest BCUT2D eigenvalue weighted by Crippen LogP contribution is 2.30. The first-order valence-electron chi connectivity index (χ1n) is 5.03. The van der Waals surface area contributed by atoms with Crippen LogP contribution in [0.3, 0.4) is 0 Å². The van der Waals surface area contributed by atoms with Gasteiger partial charge >= 0.3 is 0 Å². The predicted octanol–water partition coefficient (Wildman–Crippen LogP) is 4.12. The molecule has 0 atom stereocenters. The molecule has 0 spiro atoms. The summed E-state index contributed by atoms with van der Waals surface area (Å²) < 4.78 is 5.30. The van der Waals surface area contributed by atoms with Gasteiger partial charge in [-0.2, -0.15) is 0 Å². The zero-order valence-electron chi connectivity index (χ0n) is 9.25. The van der Waals surface area contributed by atoms with E-state index in [0.29, 0.717) is 0 Å². The van der Waals surface area contributed by atoms with E-state index in [0.717, 1.165) is 27.5 Å². The van der Waals surface area contributed by atoms with E-state index >= 15 is 0 Å². The van der Waals surface area contributed by atoms with Crippen LogP contribution >= 0.6 is 11.6 Å². The molecule has 0 aliphatic carbocycles. The summed E-state index contributed by atoms with van der Waals surface area (Å²) in [5, 5.41) is 0.736. The van der Waals surface area contributed by atoms with E-state index in [1.807, 2.05) is 37.3 Å². The molecule has 2 rings (SSSR count). The molecule has 81 valence electrons. The third-order valence-electron chi connectivity index (χ3n) is 2.41. The smallest absolute Gasteiger partial charge is 0.134 e. The molecule has 2 aromatic carbocycles. The lowest BCUT2D eigenvalue weighted by Crippen LogP contribution is -1.89. The van der Waals surface area contributed by atoms with Crippen LogP contribution < -0.4 is 4.74 Å². The second kappa shape index (κ2) is 4.58. The van der Waals surface area contributed by atoms with E-state index in [2.05, 4.69) is 12.1 Å². The van der Waals surface area contributed by atoms with E-state index in [1.54, 1.807) is 7.11 Å². The lowest BCUT2D eigenvalue weighted by molar-refractivity contribution is 0.415. The van der Waals surface area contributed by atoms with Crippen LogP contribution in [0.1, 0.15) is 5.56 Å². The van der Waals surface area contributed by atoms with Gasteiger partial charge in [0.1, 0.15) is 5.75 Å². The van der Waals surface area contributed by atoms with Crippen molar-refractivity contribution < 1.29 is 4.74 Å². The molecular formula is C14H12ClO. The lowest BCUT2D eigenvalue weighted by Gasteiger charge is -2.09. The Morgan fingerprint density at radius 3 is 2.50 bits per heavy atom. The molecule has 0 unspecified atom stereocenters. The normalized spacial score (nSPS) is 10.2.